The lowest BCUT2D eigenvalue weighted by molar-refractivity contribution is -0.117. The zero-order valence-corrected chi connectivity index (χ0v) is 18.9. The van der Waals surface area contributed by atoms with Crippen LogP contribution in [-0.4, -0.2) is 66.9 Å². The standard InChI is InChI=1S/C24H27ClN4O3/c1-31-22-7-6-18(25)15-21(22)29-16-17(14-23(29)30)24-26-19-4-2-3-5-20(19)28(24)9-8-27-10-12-32-13-11-27/h2-7,15,17H,8-14,16H2,1H3/t17-/m0/s1. The van der Waals surface area contributed by atoms with Crippen molar-refractivity contribution in [2.24, 2.45) is 0 Å². The summed E-state index contributed by atoms with van der Waals surface area (Å²) in [6, 6.07) is 13.6. The zero-order chi connectivity index (χ0) is 22.1. The van der Waals surface area contributed by atoms with Crippen LogP contribution >= 0.6 is 11.6 Å². The smallest absolute Gasteiger partial charge is 0.227 e. The van der Waals surface area contributed by atoms with E-state index in [1.165, 1.54) is 0 Å². The highest BCUT2D eigenvalue weighted by atomic mass is 35.5. The molecule has 7 nitrogen and oxygen atoms in total. The summed E-state index contributed by atoms with van der Waals surface area (Å²) in [5, 5.41) is 0.579. The molecule has 168 valence electrons. The Morgan fingerprint density at radius 2 is 1.97 bits per heavy atom. The highest BCUT2D eigenvalue weighted by Gasteiger charge is 2.36. The van der Waals surface area contributed by atoms with Crippen molar-refractivity contribution in [1.29, 1.82) is 0 Å². The van der Waals surface area contributed by atoms with E-state index in [2.05, 4.69) is 15.5 Å². The number of hydrogen-bond donors (Lipinski definition) is 0. The molecule has 2 saturated heterocycles. The van der Waals surface area contributed by atoms with Gasteiger partial charge in [0.25, 0.3) is 0 Å². The van der Waals surface area contributed by atoms with Gasteiger partial charge in [-0.3, -0.25) is 9.69 Å². The van der Waals surface area contributed by atoms with E-state index in [0.717, 1.165) is 56.3 Å². The van der Waals surface area contributed by atoms with E-state index in [1.807, 2.05) is 18.2 Å². The van der Waals surface area contributed by atoms with Crippen molar-refractivity contribution < 1.29 is 14.3 Å². The van der Waals surface area contributed by atoms with Crippen LogP contribution in [0, 0.1) is 0 Å². The molecule has 8 heteroatoms. The number of halogens is 1. The molecule has 2 aliphatic rings. The normalized spacial score (nSPS) is 19.8. The number of carbonyl (C=O) groups is 1. The van der Waals surface area contributed by atoms with E-state index in [4.69, 9.17) is 26.1 Å². The van der Waals surface area contributed by atoms with Crippen LogP contribution in [0.1, 0.15) is 18.2 Å². The summed E-state index contributed by atoms with van der Waals surface area (Å²) >= 11 is 6.22. The maximum Gasteiger partial charge on any atom is 0.227 e. The molecular formula is C24H27ClN4O3. The number of rotatable bonds is 6. The van der Waals surface area contributed by atoms with Crippen LogP contribution in [0.4, 0.5) is 5.69 Å². The van der Waals surface area contributed by atoms with Crippen LogP contribution in [0.5, 0.6) is 5.75 Å². The number of para-hydroxylation sites is 2. The van der Waals surface area contributed by atoms with Gasteiger partial charge in [-0.05, 0) is 30.3 Å². The van der Waals surface area contributed by atoms with Crippen molar-refractivity contribution in [2.45, 2.75) is 18.9 Å². The maximum atomic E-state index is 13.0. The van der Waals surface area contributed by atoms with Crippen molar-refractivity contribution in [3.05, 3.63) is 53.3 Å². The van der Waals surface area contributed by atoms with E-state index in [-0.39, 0.29) is 11.8 Å². The number of morpholine rings is 1. The second-order valence-electron chi connectivity index (χ2n) is 8.29. The van der Waals surface area contributed by atoms with Gasteiger partial charge < -0.3 is 18.9 Å². The average Bonchev–Trinajstić information content (AvgIpc) is 3.38. The van der Waals surface area contributed by atoms with Crippen molar-refractivity contribution in [3.8, 4) is 5.75 Å². The first-order chi connectivity index (χ1) is 15.6. The number of ether oxygens (including phenoxy) is 2. The summed E-state index contributed by atoms with van der Waals surface area (Å²) in [6.45, 7) is 5.79. The summed E-state index contributed by atoms with van der Waals surface area (Å²) < 4.78 is 13.3. The molecule has 2 fully saturated rings. The number of anilines is 1. The number of carbonyl (C=O) groups excluding carboxylic acids is 1. The third-order valence-corrected chi connectivity index (χ3v) is 6.58. The van der Waals surface area contributed by atoms with Gasteiger partial charge in [-0.1, -0.05) is 23.7 Å². The molecule has 0 radical (unpaired) electrons. The number of imidazole rings is 1. The molecule has 0 saturated carbocycles. The number of hydrogen-bond acceptors (Lipinski definition) is 5. The van der Waals surface area contributed by atoms with Gasteiger partial charge in [0.15, 0.2) is 0 Å². The first-order valence-electron chi connectivity index (χ1n) is 11.0. The summed E-state index contributed by atoms with van der Waals surface area (Å²) in [5.41, 5.74) is 2.79. The van der Waals surface area contributed by atoms with E-state index >= 15 is 0 Å². The molecule has 1 atom stereocenters. The fourth-order valence-electron chi connectivity index (χ4n) is 4.69. The molecule has 0 unspecified atom stereocenters. The quantitative estimate of drug-likeness (QED) is 0.570. The van der Waals surface area contributed by atoms with Crippen LogP contribution in [0.2, 0.25) is 5.02 Å². The molecule has 32 heavy (non-hydrogen) atoms. The summed E-state index contributed by atoms with van der Waals surface area (Å²) in [4.78, 5) is 22.2. The monoisotopic (exact) mass is 454 g/mol. The summed E-state index contributed by atoms with van der Waals surface area (Å²) in [7, 11) is 1.61. The largest absolute Gasteiger partial charge is 0.495 e. The Morgan fingerprint density at radius 1 is 1.16 bits per heavy atom. The summed E-state index contributed by atoms with van der Waals surface area (Å²) in [6.07, 6.45) is 0.413. The van der Waals surface area contributed by atoms with E-state index < -0.39 is 0 Å². The highest BCUT2D eigenvalue weighted by molar-refractivity contribution is 6.31. The van der Waals surface area contributed by atoms with Crippen molar-refractivity contribution in [3.63, 3.8) is 0 Å². The minimum absolute atomic E-state index is 0.00303. The predicted molar refractivity (Wildman–Crippen MR) is 125 cm³/mol. The predicted octanol–water partition coefficient (Wildman–Crippen LogP) is 3.55. The zero-order valence-electron chi connectivity index (χ0n) is 18.2. The van der Waals surface area contributed by atoms with E-state index in [0.29, 0.717) is 29.4 Å². The SMILES string of the molecule is COc1ccc(Cl)cc1N1C[C@@H](c2nc3ccccc3n2CCN2CCOCC2)CC1=O. The lowest BCUT2D eigenvalue weighted by Gasteiger charge is -2.27. The van der Waals surface area contributed by atoms with Crippen LogP contribution in [-0.2, 0) is 16.1 Å². The number of benzene rings is 2. The molecule has 2 aromatic carbocycles. The van der Waals surface area contributed by atoms with E-state index in [9.17, 15) is 4.79 Å². The maximum absolute atomic E-state index is 13.0. The van der Waals surface area contributed by atoms with Gasteiger partial charge >= 0.3 is 0 Å². The van der Waals surface area contributed by atoms with Crippen molar-refractivity contribution >= 4 is 34.2 Å². The van der Waals surface area contributed by atoms with Crippen LogP contribution in [0.15, 0.2) is 42.5 Å². The Morgan fingerprint density at radius 3 is 2.78 bits per heavy atom. The number of amides is 1. The average molecular weight is 455 g/mol. The number of fused-ring (bicyclic) bond motifs is 1. The molecule has 1 amide bonds. The fraction of sp³-hybridized carbons (Fsp3) is 0.417. The molecule has 0 spiro atoms. The number of aromatic nitrogens is 2. The number of nitrogens with zero attached hydrogens (tertiary/aromatic N) is 4. The molecule has 0 N–H and O–H groups in total. The topological polar surface area (TPSA) is 59.8 Å². The molecule has 3 heterocycles. The van der Waals surface area contributed by atoms with Gasteiger partial charge in [-0.15, -0.1) is 0 Å². The number of methoxy groups -OCH3 is 1. The molecule has 1 aromatic heterocycles. The molecule has 3 aromatic rings. The van der Waals surface area contributed by atoms with Gasteiger partial charge in [-0.25, -0.2) is 4.98 Å². The third-order valence-electron chi connectivity index (χ3n) is 6.35. The second-order valence-corrected chi connectivity index (χ2v) is 8.72. The Kier molecular flexibility index (Phi) is 6.04. The van der Waals surface area contributed by atoms with Gasteiger partial charge in [0.1, 0.15) is 11.6 Å². The van der Waals surface area contributed by atoms with Gasteiger partial charge in [0, 0.05) is 50.1 Å². The minimum atomic E-state index is 0.00303. The highest BCUT2D eigenvalue weighted by Crippen LogP contribution is 2.38. The van der Waals surface area contributed by atoms with Crippen molar-refractivity contribution in [1.82, 2.24) is 14.5 Å². The second kappa shape index (κ2) is 9.10. The molecule has 2 aliphatic heterocycles. The van der Waals surface area contributed by atoms with Gasteiger partial charge in [0.2, 0.25) is 5.91 Å². The lowest BCUT2D eigenvalue weighted by atomic mass is 10.1. The molecule has 0 bridgehead atoms. The Hall–Kier alpha value is -2.61. The first kappa shape index (κ1) is 21.2. The molecule has 5 rings (SSSR count). The summed E-state index contributed by atoms with van der Waals surface area (Å²) in [5.74, 6) is 1.67. The van der Waals surface area contributed by atoms with Crippen LogP contribution in [0.25, 0.3) is 11.0 Å². The van der Waals surface area contributed by atoms with Crippen molar-refractivity contribution in [2.75, 3.05) is 51.4 Å². The van der Waals surface area contributed by atoms with E-state index in [1.54, 1.807) is 30.2 Å². The van der Waals surface area contributed by atoms with Crippen LogP contribution < -0.4 is 9.64 Å². The Labute approximate surface area is 192 Å². The van der Waals surface area contributed by atoms with Crippen LogP contribution in [0.3, 0.4) is 0 Å². The fourth-order valence-corrected chi connectivity index (χ4v) is 4.86. The third kappa shape index (κ3) is 4.08. The van der Waals surface area contributed by atoms with Gasteiger partial charge in [-0.2, -0.15) is 0 Å². The molecular weight excluding hydrogens is 428 g/mol. The Bertz CT molecular complexity index is 1130. The van der Waals surface area contributed by atoms with Gasteiger partial charge in [0.05, 0.1) is 37.0 Å². The Balaban J connectivity index is 1.44. The minimum Gasteiger partial charge on any atom is -0.495 e. The molecule has 0 aliphatic carbocycles. The lowest BCUT2D eigenvalue weighted by Crippen LogP contribution is -2.38. The first-order valence-corrected chi connectivity index (χ1v) is 11.4.